The van der Waals surface area contributed by atoms with Crippen molar-refractivity contribution in [2.75, 3.05) is 10.6 Å². The summed E-state index contributed by atoms with van der Waals surface area (Å²) in [7, 11) is 0. The van der Waals surface area contributed by atoms with Crippen LogP contribution in [0, 0.1) is 11.6 Å². The fourth-order valence-corrected chi connectivity index (χ4v) is 4.13. The minimum atomic E-state index is -1.00. The molecule has 5 rings (SSSR count). The highest BCUT2D eigenvalue weighted by atomic mass is 19.2. The molecule has 2 aromatic carbocycles. The van der Waals surface area contributed by atoms with E-state index in [1.54, 1.807) is 12.1 Å². The van der Waals surface area contributed by atoms with Gasteiger partial charge in [-0.1, -0.05) is 24.3 Å². The zero-order chi connectivity index (χ0) is 21.5. The van der Waals surface area contributed by atoms with E-state index in [0.717, 1.165) is 12.1 Å². The molecule has 1 aliphatic carbocycles. The SMILES string of the molecule is O=C1CCCC2=C1[C@@H](c1ccc(F)c(F)c1)n1ncc(C(=O)Nc3ccccc3)c1N2. The van der Waals surface area contributed by atoms with E-state index >= 15 is 0 Å². The number of allylic oxidation sites excluding steroid dienone is 2. The summed E-state index contributed by atoms with van der Waals surface area (Å²) in [5.74, 6) is -1.99. The van der Waals surface area contributed by atoms with E-state index in [1.165, 1.54) is 16.9 Å². The normalized spacial score (nSPS) is 17.6. The van der Waals surface area contributed by atoms with E-state index in [9.17, 15) is 18.4 Å². The van der Waals surface area contributed by atoms with Crippen LogP contribution >= 0.6 is 0 Å². The maximum atomic E-state index is 14.0. The molecule has 8 heteroatoms. The molecule has 0 fully saturated rings. The predicted octanol–water partition coefficient (Wildman–Crippen LogP) is 4.44. The van der Waals surface area contributed by atoms with Crippen LogP contribution in [0.4, 0.5) is 20.3 Å². The van der Waals surface area contributed by atoms with Crippen LogP contribution in [0.15, 0.2) is 66.0 Å². The lowest BCUT2D eigenvalue weighted by molar-refractivity contribution is -0.116. The summed E-state index contributed by atoms with van der Waals surface area (Å²) in [4.78, 5) is 25.7. The van der Waals surface area contributed by atoms with Crippen LogP contribution in [0.5, 0.6) is 0 Å². The Morgan fingerprint density at radius 1 is 1.10 bits per heavy atom. The van der Waals surface area contributed by atoms with E-state index in [0.29, 0.717) is 53.2 Å². The number of hydrogen-bond donors (Lipinski definition) is 2. The molecule has 3 aromatic rings. The monoisotopic (exact) mass is 420 g/mol. The number of halogens is 2. The smallest absolute Gasteiger partial charge is 0.261 e. The number of carbonyl (C=O) groups is 2. The van der Waals surface area contributed by atoms with Gasteiger partial charge in [0.05, 0.1) is 6.20 Å². The second-order valence-electron chi connectivity index (χ2n) is 7.54. The number of Topliss-reactive ketones (excluding diaryl/α,β-unsaturated/α-hetero) is 1. The van der Waals surface area contributed by atoms with Crippen LogP contribution in [0.1, 0.15) is 41.2 Å². The van der Waals surface area contributed by atoms with Crippen LogP contribution < -0.4 is 10.6 Å². The minimum Gasteiger partial charge on any atom is -0.343 e. The molecule has 0 radical (unpaired) electrons. The fourth-order valence-electron chi connectivity index (χ4n) is 4.13. The topological polar surface area (TPSA) is 76.0 Å². The van der Waals surface area contributed by atoms with Gasteiger partial charge in [0.1, 0.15) is 17.4 Å². The number of anilines is 2. The van der Waals surface area contributed by atoms with Gasteiger partial charge in [-0.2, -0.15) is 5.10 Å². The summed E-state index contributed by atoms with van der Waals surface area (Å²) in [5.41, 5.74) is 2.48. The molecular weight excluding hydrogens is 402 g/mol. The number of ketones is 1. The van der Waals surface area contributed by atoms with Crippen molar-refractivity contribution in [1.29, 1.82) is 0 Å². The van der Waals surface area contributed by atoms with Crippen LogP contribution in [0.2, 0.25) is 0 Å². The molecule has 1 atom stereocenters. The Morgan fingerprint density at radius 3 is 2.68 bits per heavy atom. The van der Waals surface area contributed by atoms with Crippen molar-refractivity contribution in [1.82, 2.24) is 9.78 Å². The fraction of sp³-hybridized carbons (Fsp3) is 0.174. The van der Waals surface area contributed by atoms with E-state index in [-0.39, 0.29) is 11.7 Å². The second-order valence-corrected chi connectivity index (χ2v) is 7.54. The Labute approximate surface area is 176 Å². The van der Waals surface area contributed by atoms with E-state index in [1.807, 2.05) is 18.2 Å². The first-order valence-corrected chi connectivity index (χ1v) is 9.95. The molecule has 0 spiro atoms. The molecule has 0 bridgehead atoms. The molecule has 31 heavy (non-hydrogen) atoms. The zero-order valence-corrected chi connectivity index (χ0v) is 16.4. The van der Waals surface area contributed by atoms with Crippen LogP contribution in [0.25, 0.3) is 0 Å². The van der Waals surface area contributed by atoms with Crippen LogP contribution in [0.3, 0.4) is 0 Å². The van der Waals surface area contributed by atoms with Gasteiger partial charge >= 0.3 is 0 Å². The Balaban J connectivity index is 1.60. The number of nitrogens with one attached hydrogen (secondary N) is 2. The summed E-state index contributed by atoms with van der Waals surface area (Å²) in [6.07, 6.45) is 3.08. The third kappa shape index (κ3) is 3.30. The molecular formula is C23H18F2N4O2. The van der Waals surface area contributed by atoms with Crippen molar-refractivity contribution in [3.63, 3.8) is 0 Å². The largest absolute Gasteiger partial charge is 0.343 e. The highest BCUT2D eigenvalue weighted by molar-refractivity contribution is 6.08. The Bertz CT molecular complexity index is 1230. The maximum absolute atomic E-state index is 14.0. The van der Waals surface area contributed by atoms with Crippen molar-refractivity contribution in [3.05, 3.63) is 88.8 Å². The standard InChI is InChI=1S/C23H18F2N4O2/c24-16-10-9-13(11-17(16)25)21-20-18(7-4-8-19(20)30)28-22-15(12-26-29(21)22)23(31)27-14-5-2-1-3-6-14/h1-3,5-6,9-12,21,28H,4,7-8H2,(H,27,31)/t21-/m1/s1. The molecule has 0 saturated carbocycles. The summed E-state index contributed by atoms with van der Waals surface area (Å²) < 4.78 is 29.1. The van der Waals surface area contributed by atoms with Gasteiger partial charge in [-0.25, -0.2) is 13.5 Å². The molecule has 0 unspecified atom stereocenters. The molecule has 156 valence electrons. The summed E-state index contributed by atoms with van der Waals surface area (Å²) in [6.45, 7) is 0. The lowest BCUT2D eigenvalue weighted by Gasteiger charge is -2.33. The van der Waals surface area contributed by atoms with Gasteiger partial charge < -0.3 is 10.6 Å². The van der Waals surface area contributed by atoms with Gasteiger partial charge in [-0.05, 0) is 42.7 Å². The average Bonchev–Trinajstić information content (AvgIpc) is 3.19. The lowest BCUT2D eigenvalue weighted by Crippen LogP contribution is -2.32. The first-order valence-electron chi connectivity index (χ1n) is 9.95. The first kappa shape index (κ1) is 19.2. The molecule has 1 amide bonds. The van der Waals surface area contributed by atoms with Crippen LogP contribution in [-0.4, -0.2) is 21.5 Å². The van der Waals surface area contributed by atoms with E-state index in [4.69, 9.17) is 0 Å². The van der Waals surface area contributed by atoms with Gasteiger partial charge in [0.25, 0.3) is 5.91 Å². The summed E-state index contributed by atoms with van der Waals surface area (Å²) >= 11 is 0. The highest BCUT2D eigenvalue weighted by Gasteiger charge is 2.37. The van der Waals surface area contributed by atoms with Crippen molar-refractivity contribution in [3.8, 4) is 0 Å². The number of para-hydroxylation sites is 1. The number of aromatic nitrogens is 2. The van der Waals surface area contributed by atoms with Crippen molar-refractivity contribution in [2.45, 2.75) is 25.3 Å². The number of amides is 1. The molecule has 0 saturated heterocycles. The Morgan fingerprint density at radius 2 is 1.90 bits per heavy atom. The molecule has 1 aliphatic heterocycles. The quantitative estimate of drug-likeness (QED) is 0.657. The second kappa shape index (κ2) is 7.46. The summed E-state index contributed by atoms with van der Waals surface area (Å²) in [6, 6.07) is 11.8. The first-order chi connectivity index (χ1) is 15.0. The van der Waals surface area contributed by atoms with Crippen molar-refractivity contribution < 1.29 is 18.4 Å². The highest BCUT2D eigenvalue weighted by Crippen LogP contribution is 2.41. The number of benzene rings is 2. The third-order valence-electron chi connectivity index (χ3n) is 5.57. The van der Waals surface area contributed by atoms with Crippen LogP contribution in [-0.2, 0) is 4.79 Å². The molecule has 2 N–H and O–H groups in total. The molecule has 6 nitrogen and oxygen atoms in total. The van der Waals surface area contributed by atoms with E-state index in [2.05, 4.69) is 15.7 Å². The minimum absolute atomic E-state index is 0.0695. The Hall–Kier alpha value is -3.81. The van der Waals surface area contributed by atoms with Gasteiger partial charge in [0, 0.05) is 23.4 Å². The average molecular weight is 420 g/mol. The van der Waals surface area contributed by atoms with Gasteiger partial charge in [-0.15, -0.1) is 0 Å². The number of rotatable bonds is 3. The third-order valence-corrected chi connectivity index (χ3v) is 5.57. The maximum Gasteiger partial charge on any atom is 0.261 e. The molecule has 1 aromatic heterocycles. The van der Waals surface area contributed by atoms with E-state index < -0.39 is 17.7 Å². The Kier molecular flexibility index (Phi) is 4.62. The lowest BCUT2D eigenvalue weighted by atomic mass is 9.85. The van der Waals surface area contributed by atoms with Gasteiger partial charge in [0.2, 0.25) is 0 Å². The molecule has 2 aliphatic rings. The van der Waals surface area contributed by atoms with Crippen molar-refractivity contribution in [2.24, 2.45) is 0 Å². The predicted molar refractivity (Wildman–Crippen MR) is 111 cm³/mol. The number of nitrogens with zero attached hydrogens (tertiary/aromatic N) is 2. The van der Waals surface area contributed by atoms with Crippen molar-refractivity contribution >= 4 is 23.2 Å². The zero-order valence-electron chi connectivity index (χ0n) is 16.4. The summed E-state index contributed by atoms with van der Waals surface area (Å²) in [5, 5.41) is 10.4. The van der Waals surface area contributed by atoms with Gasteiger partial charge in [-0.3, -0.25) is 9.59 Å². The van der Waals surface area contributed by atoms with Gasteiger partial charge in [0.15, 0.2) is 17.4 Å². The number of fused-ring (bicyclic) bond motifs is 1. The number of hydrogen-bond acceptors (Lipinski definition) is 4. The number of carbonyl (C=O) groups excluding carboxylic acids is 2. The molecule has 2 heterocycles.